The van der Waals surface area contributed by atoms with Gasteiger partial charge in [0.25, 0.3) is 5.56 Å². The fraction of sp³-hybridized carbons (Fsp3) is 0.200. The SMILES string of the molecule is CC(=O)c1cccc(NC(=O)CCCn2nc(-c3ccco3)ccc2=O)c1. The zero-order chi connectivity index (χ0) is 19.2. The van der Waals surface area contributed by atoms with Gasteiger partial charge < -0.3 is 9.73 Å². The largest absolute Gasteiger partial charge is 0.463 e. The number of rotatable bonds is 7. The Morgan fingerprint density at radius 3 is 2.74 bits per heavy atom. The molecule has 138 valence electrons. The van der Waals surface area contributed by atoms with Crippen molar-refractivity contribution in [2.75, 3.05) is 5.32 Å². The molecule has 0 spiro atoms. The zero-order valence-corrected chi connectivity index (χ0v) is 14.8. The number of Topliss-reactive ketones (excluding diaryl/α,β-unsaturated/α-hetero) is 1. The number of benzene rings is 1. The highest BCUT2D eigenvalue weighted by atomic mass is 16.3. The smallest absolute Gasteiger partial charge is 0.266 e. The average molecular weight is 365 g/mol. The van der Waals surface area contributed by atoms with E-state index in [4.69, 9.17) is 4.42 Å². The summed E-state index contributed by atoms with van der Waals surface area (Å²) in [5.74, 6) is 0.325. The molecule has 0 atom stereocenters. The van der Waals surface area contributed by atoms with Crippen LogP contribution in [-0.2, 0) is 11.3 Å². The van der Waals surface area contributed by atoms with E-state index in [2.05, 4.69) is 10.4 Å². The van der Waals surface area contributed by atoms with Crippen LogP contribution < -0.4 is 10.9 Å². The van der Waals surface area contributed by atoms with Crippen LogP contribution in [0.5, 0.6) is 0 Å². The van der Waals surface area contributed by atoms with Crippen molar-refractivity contribution in [2.45, 2.75) is 26.3 Å². The van der Waals surface area contributed by atoms with Crippen LogP contribution in [0.15, 0.2) is 64.0 Å². The fourth-order valence-electron chi connectivity index (χ4n) is 2.59. The van der Waals surface area contributed by atoms with Crippen LogP contribution >= 0.6 is 0 Å². The Labute approximate surface area is 155 Å². The number of nitrogens with zero attached hydrogens (tertiary/aromatic N) is 2. The molecule has 0 aliphatic rings. The van der Waals surface area contributed by atoms with Gasteiger partial charge in [-0.3, -0.25) is 14.4 Å². The first-order chi connectivity index (χ1) is 13.0. The molecule has 0 unspecified atom stereocenters. The molecule has 7 nitrogen and oxygen atoms in total. The molecule has 0 saturated heterocycles. The third kappa shape index (κ3) is 4.78. The standard InChI is InChI=1S/C20H19N3O4/c1-14(24)15-5-2-6-16(13-15)21-19(25)8-3-11-23-20(26)10-9-17(22-23)18-7-4-12-27-18/h2,4-7,9-10,12-13H,3,8,11H2,1H3,(H,21,25). The van der Waals surface area contributed by atoms with E-state index < -0.39 is 0 Å². The molecule has 1 N–H and O–H groups in total. The van der Waals surface area contributed by atoms with Gasteiger partial charge in [0, 0.05) is 30.3 Å². The minimum atomic E-state index is -0.236. The van der Waals surface area contributed by atoms with Crippen LogP contribution in [0.4, 0.5) is 5.69 Å². The molecule has 0 radical (unpaired) electrons. The van der Waals surface area contributed by atoms with Gasteiger partial charge in [-0.2, -0.15) is 5.10 Å². The van der Waals surface area contributed by atoms with E-state index in [9.17, 15) is 14.4 Å². The molecule has 1 aromatic carbocycles. The van der Waals surface area contributed by atoms with Crippen molar-refractivity contribution in [3.05, 3.63) is 70.7 Å². The topological polar surface area (TPSA) is 94.2 Å². The van der Waals surface area contributed by atoms with E-state index in [1.807, 2.05) is 0 Å². The van der Waals surface area contributed by atoms with Crippen molar-refractivity contribution < 1.29 is 14.0 Å². The van der Waals surface area contributed by atoms with Gasteiger partial charge >= 0.3 is 0 Å². The molecule has 0 saturated carbocycles. The van der Waals surface area contributed by atoms with Crippen molar-refractivity contribution in [1.82, 2.24) is 9.78 Å². The Morgan fingerprint density at radius 1 is 1.15 bits per heavy atom. The molecular formula is C20H19N3O4. The molecule has 27 heavy (non-hydrogen) atoms. The summed E-state index contributed by atoms with van der Waals surface area (Å²) in [6, 6.07) is 13.3. The first-order valence-corrected chi connectivity index (χ1v) is 8.56. The number of aryl methyl sites for hydroxylation is 1. The van der Waals surface area contributed by atoms with Crippen LogP contribution in [0.1, 0.15) is 30.1 Å². The highest BCUT2D eigenvalue weighted by Gasteiger charge is 2.08. The molecule has 0 bridgehead atoms. The summed E-state index contributed by atoms with van der Waals surface area (Å²) in [5, 5.41) is 7.03. The maximum atomic E-state index is 12.1. The summed E-state index contributed by atoms with van der Waals surface area (Å²) in [4.78, 5) is 35.4. The first kappa shape index (κ1) is 18.3. The van der Waals surface area contributed by atoms with Gasteiger partial charge in [0.15, 0.2) is 11.5 Å². The normalized spacial score (nSPS) is 10.6. The number of carbonyl (C=O) groups excluding carboxylic acids is 2. The summed E-state index contributed by atoms with van der Waals surface area (Å²) in [7, 11) is 0. The quantitative estimate of drug-likeness (QED) is 0.649. The second kappa shape index (κ2) is 8.27. The average Bonchev–Trinajstić information content (AvgIpc) is 3.18. The van der Waals surface area contributed by atoms with Crippen molar-refractivity contribution >= 4 is 17.4 Å². The predicted molar refractivity (Wildman–Crippen MR) is 101 cm³/mol. The lowest BCUT2D eigenvalue weighted by Gasteiger charge is -2.08. The molecule has 0 aliphatic heterocycles. The Balaban J connectivity index is 1.57. The molecule has 0 aliphatic carbocycles. The van der Waals surface area contributed by atoms with E-state index in [0.717, 1.165) is 0 Å². The van der Waals surface area contributed by atoms with Gasteiger partial charge in [0.2, 0.25) is 5.91 Å². The van der Waals surface area contributed by atoms with E-state index in [1.54, 1.807) is 42.5 Å². The first-order valence-electron chi connectivity index (χ1n) is 8.56. The van der Waals surface area contributed by atoms with Crippen LogP contribution in [0.3, 0.4) is 0 Å². The number of amides is 1. The lowest BCUT2D eigenvalue weighted by Crippen LogP contribution is -2.23. The number of aromatic nitrogens is 2. The van der Waals surface area contributed by atoms with Crippen LogP contribution in [0.2, 0.25) is 0 Å². The van der Waals surface area contributed by atoms with Gasteiger partial charge in [-0.05, 0) is 43.7 Å². The van der Waals surface area contributed by atoms with Crippen LogP contribution in [0, 0.1) is 0 Å². The third-order valence-corrected chi connectivity index (χ3v) is 3.97. The van der Waals surface area contributed by atoms with Gasteiger partial charge in [0.05, 0.1) is 6.26 Å². The highest BCUT2D eigenvalue weighted by molar-refractivity contribution is 5.97. The Kier molecular flexibility index (Phi) is 5.61. The Morgan fingerprint density at radius 2 is 2.00 bits per heavy atom. The summed E-state index contributed by atoms with van der Waals surface area (Å²) < 4.78 is 6.60. The monoisotopic (exact) mass is 365 g/mol. The maximum Gasteiger partial charge on any atom is 0.266 e. The second-order valence-corrected chi connectivity index (χ2v) is 6.05. The molecular weight excluding hydrogens is 346 g/mol. The van der Waals surface area contributed by atoms with Crippen LogP contribution in [-0.4, -0.2) is 21.5 Å². The number of hydrogen-bond acceptors (Lipinski definition) is 5. The van der Waals surface area contributed by atoms with Gasteiger partial charge in [0.1, 0.15) is 5.69 Å². The molecule has 1 amide bonds. The molecule has 3 rings (SSSR count). The summed E-state index contributed by atoms with van der Waals surface area (Å²) in [6.45, 7) is 1.79. The van der Waals surface area contributed by atoms with Gasteiger partial charge in [-0.1, -0.05) is 12.1 Å². The van der Waals surface area contributed by atoms with E-state index in [-0.39, 0.29) is 23.7 Å². The number of carbonyl (C=O) groups is 2. The lowest BCUT2D eigenvalue weighted by molar-refractivity contribution is -0.116. The molecule has 0 fully saturated rings. The second-order valence-electron chi connectivity index (χ2n) is 6.05. The number of ketones is 1. The molecule has 2 heterocycles. The molecule has 7 heteroatoms. The van der Waals surface area contributed by atoms with Crippen molar-refractivity contribution in [3.63, 3.8) is 0 Å². The number of hydrogen-bond donors (Lipinski definition) is 1. The van der Waals surface area contributed by atoms with E-state index in [0.29, 0.717) is 35.7 Å². The predicted octanol–water partition coefficient (Wildman–Crippen LogP) is 3.12. The number of anilines is 1. The number of furan rings is 1. The Hall–Kier alpha value is -3.48. The fourth-order valence-corrected chi connectivity index (χ4v) is 2.59. The zero-order valence-electron chi connectivity index (χ0n) is 14.8. The highest BCUT2D eigenvalue weighted by Crippen LogP contribution is 2.15. The summed E-state index contributed by atoms with van der Waals surface area (Å²) >= 11 is 0. The van der Waals surface area contributed by atoms with Crippen LogP contribution in [0.25, 0.3) is 11.5 Å². The van der Waals surface area contributed by atoms with Gasteiger partial charge in [-0.15, -0.1) is 0 Å². The van der Waals surface area contributed by atoms with E-state index in [1.165, 1.54) is 23.9 Å². The lowest BCUT2D eigenvalue weighted by atomic mass is 10.1. The number of nitrogens with one attached hydrogen (secondary N) is 1. The summed E-state index contributed by atoms with van der Waals surface area (Å²) in [5.41, 5.74) is 1.44. The Bertz CT molecular complexity index is 1010. The molecule has 2 aromatic heterocycles. The maximum absolute atomic E-state index is 12.1. The van der Waals surface area contributed by atoms with Crippen molar-refractivity contribution in [1.29, 1.82) is 0 Å². The minimum absolute atomic E-state index is 0.0620. The van der Waals surface area contributed by atoms with Gasteiger partial charge in [-0.25, -0.2) is 4.68 Å². The van der Waals surface area contributed by atoms with Crippen molar-refractivity contribution in [3.8, 4) is 11.5 Å². The molecule has 3 aromatic rings. The third-order valence-electron chi connectivity index (χ3n) is 3.97. The minimum Gasteiger partial charge on any atom is -0.463 e. The summed E-state index contributed by atoms with van der Waals surface area (Å²) in [6.07, 6.45) is 2.22. The van der Waals surface area contributed by atoms with Crippen molar-refractivity contribution in [2.24, 2.45) is 0 Å². The van der Waals surface area contributed by atoms with E-state index >= 15 is 0 Å².